The molecule has 0 saturated carbocycles. The van der Waals surface area contributed by atoms with Crippen LogP contribution in [0.3, 0.4) is 0 Å². The first-order valence-electron chi connectivity index (χ1n) is 8.72. The molecule has 2 aromatic rings. The molecule has 0 atom stereocenters. The van der Waals surface area contributed by atoms with Crippen molar-refractivity contribution in [1.29, 1.82) is 0 Å². The maximum atomic E-state index is 14.1. The molecule has 0 unspecified atom stereocenters. The summed E-state index contributed by atoms with van der Waals surface area (Å²) in [4.78, 5) is 12.1. The predicted molar refractivity (Wildman–Crippen MR) is 113 cm³/mol. The van der Waals surface area contributed by atoms with Gasteiger partial charge in [-0.15, -0.1) is 0 Å². The SMILES string of the molecule is CCC(C)(C)OCNC(=O)Cc1cc(Nc2c(Cl)cc(Cl)cc2Cl)ccc1F. The Labute approximate surface area is 179 Å². The van der Waals surface area contributed by atoms with Gasteiger partial charge in [0.15, 0.2) is 0 Å². The second kappa shape index (κ2) is 9.79. The topological polar surface area (TPSA) is 50.4 Å². The van der Waals surface area contributed by atoms with Crippen molar-refractivity contribution in [2.75, 3.05) is 12.0 Å². The van der Waals surface area contributed by atoms with Crippen molar-refractivity contribution in [3.63, 3.8) is 0 Å². The molecule has 0 aliphatic carbocycles. The van der Waals surface area contributed by atoms with E-state index in [-0.39, 0.29) is 30.2 Å². The summed E-state index contributed by atoms with van der Waals surface area (Å²) in [7, 11) is 0. The van der Waals surface area contributed by atoms with Crippen LogP contribution >= 0.6 is 34.8 Å². The molecule has 152 valence electrons. The van der Waals surface area contributed by atoms with Crippen molar-refractivity contribution in [3.8, 4) is 0 Å². The molecular weight excluding hydrogens is 426 g/mol. The maximum Gasteiger partial charge on any atom is 0.226 e. The normalized spacial score (nSPS) is 11.4. The van der Waals surface area contributed by atoms with Crippen molar-refractivity contribution in [2.45, 2.75) is 39.2 Å². The van der Waals surface area contributed by atoms with E-state index in [4.69, 9.17) is 39.5 Å². The largest absolute Gasteiger partial charge is 0.355 e. The molecule has 8 heteroatoms. The molecule has 0 aliphatic rings. The zero-order valence-corrected chi connectivity index (χ0v) is 18.1. The summed E-state index contributed by atoms with van der Waals surface area (Å²) < 4.78 is 19.7. The van der Waals surface area contributed by atoms with Crippen LogP contribution in [0.1, 0.15) is 32.8 Å². The third-order valence-electron chi connectivity index (χ3n) is 4.26. The molecule has 2 aromatic carbocycles. The van der Waals surface area contributed by atoms with Gasteiger partial charge in [0.05, 0.1) is 27.8 Å². The third kappa shape index (κ3) is 6.52. The van der Waals surface area contributed by atoms with Gasteiger partial charge in [-0.3, -0.25) is 4.79 Å². The lowest BCUT2D eigenvalue weighted by atomic mass is 10.1. The molecule has 0 saturated heterocycles. The first-order chi connectivity index (χ1) is 13.1. The highest BCUT2D eigenvalue weighted by atomic mass is 35.5. The van der Waals surface area contributed by atoms with E-state index < -0.39 is 5.82 Å². The first-order valence-corrected chi connectivity index (χ1v) is 9.85. The number of carbonyl (C=O) groups excluding carboxylic acids is 1. The van der Waals surface area contributed by atoms with Crippen molar-refractivity contribution in [3.05, 3.63) is 56.8 Å². The van der Waals surface area contributed by atoms with E-state index in [0.29, 0.717) is 26.4 Å². The minimum absolute atomic E-state index is 0.0647. The molecule has 0 aliphatic heterocycles. The van der Waals surface area contributed by atoms with Gasteiger partial charge in [-0.2, -0.15) is 0 Å². The molecule has 0 spiro atoms. The highest BCUT2D eigenvalue weighted by Crippen LogP contribution is 2.36. The van der Waals surface area contributed by atoms with Crippen molar-refractivity contribution in [2.24, 2.45) is 0 Å². The Bertz CT molecular complexity index is 836. The van der Waals surface area contributed by atoms with Crippen LogP contribution in [0.5, 0.6) is 0 Å². The van der Waals surface area contributed by atoms with Crippen LogP contribution in [0, 0.1) is 5.82 Å². The zero-order chi connectivity index (χ0) is 20.9. The lowest BCUT2D eigenvalue weighted by Gasteiger charge is -2.23. The standard InChI is InChI=1S/C20H22Cl3FN2O2/c1-4-20(2,3)28-11-25-18(27)8-12-7-14(5-6-17(12)24)26-19-15(22)9-13(21)10-16(19)23/h5-7,9-10,26H,4,8,11H2,1-3H3,(H,25,27). The van der Waals surface area contributed by atoms with E-state index in [1.165, 1.54) is 18.2 Å². The number of halogens is 4. The van der Waals surface area contributed by atoms with Gasteiger partial charge in [-0.1, -0.05) is 41.7 Å². The first kappa shape index (κ1) is 22.8. The summed E-state index contributed by atoms with van der Waals surface area (Å²) in [6, 6.07) is 7.44. The number of benzene rings is 2. The van der Waals surface area contributed by atoms with Crippen LogP contribution in [-0.4, -0.2) is 18.2 Å². The van der Waals surface area contributed by atoms with Crippen LogP contribution in [0.4, 0.5) is 15.8 Å². The Morgan fingerprint density at radius 3 is 2.39 bits per heavy atom. The van der Waals surface area contributed by atoms with E-state index in [2.05, 4.69) is 10.6 Å². The van der Waals surface area contributed by atoms with Gasteiger partial charge in [0.1, 0.15) is 12.5 Å². The van der Waals surface area contributed by atoms with E-state index in [9.17, 15) is 9.18 Å². The highest BCUT2D eigenvalue weighted by Gasteiger charge is 2.16. The molecule has 1 amide bonds. The number of anilines is 2. The van der Waals surface area contributed by atoms with Gasteiger partial charge in [-0.05, 0) is 56.2 Å². The van der Waals surface area contributed by atoms with Crippen LogP contribution in [-0.2, 0) is 16.0 Å². The number of carbonyl (C=O) groups is 1. The van der Waals surface area contributed by atoms with Crippen LogP contribution in [0.25, 0.3) is 0 Å². The van der Waals surface area contributed by atoms with E-state index in [0.717, 1.165) is 6.42 Å². The van der Waals surface area contributed by atoms with Crippen molar-refractivity contribution >= 4 is 52.1 Å². The summed E-state index contributed by atoms with van der Waals surface area (Å²) >= 11 is 18.2. The lowest BCUT2D eigenvalue weighted by molar-refractivity contribution is -0.124. The van der Waals surface area contributed by atoms with Crippen LogP contribution in [0.15, 0.2) is 30.3 Å². The Balaban J connectivity index is 2.06. The van der Waals surface area contributed by atoms with E-state index in [1.54, 1.807) is 12.1 Å². The fraction of sp³-hybridized carbons (Fsp3) is 0.350. The third-order valence-corrected chi connectivity index (χ3v) is 5.07. The maximum absolute atomic E-state index is 14.1. The van der Waals surface area contributed by atoms with Crippen molar-refractivity contribution < 1.29 is 13.9 Å². The minimum Gasteiger partial charge on any atom is -0.355 e. The summed E-state index contributed by atoms with van der Waals surface area (Å²) in [6.07, 6.45) is 0.681. The monoisotopic (exact) mass is 446 g/mol. The molecule has 0 bridgehead atoms. The Hall–Kier alpha value is -1.53. The van der Waals surface area contributed by atoms with Gasteiger partial charge >= 0.3 is 0 Å². The molecule has 28 heavy (non-hydrogen) atoms. The van der Waals surface area contributed by atoms with Gasteiger partial charge in [0.25, 0.3) is 0 Å². The summed E-state index contributed by atoms with van der Waals surface area (Å²) in [5, 5.41) is 6.74. The summed E-state index contributed by atoms with van der Waals surface area (Å²) in [5.41, 5.74) is 0.890. The number of rotatable bonds is 8. The fourth-order valence-corrected chi connectivity index (χ4v) is 3.15. The predicted octanol–water partition coefficient (Wildman–Crippen LogP) is 6.35. The van der Waals surface area contributed by atoms with Crippen LogP contribution in [0.2, 0.25) is 15.1 Å². The molecule has 0 fully saturated rings. The Morgan fingerprint density at radius 2 is 1.79 bits per heavy atom. The Kier molecular flexibility index (Phi) is 7.96. The number of ether oxygens (including phenoxy) is 1. The van der Waals surface area contributed by atoms with Gasteiger partial charge in [-0.25, -0.2) is 4.39 Å². The Morgan fingerprint density at radius 1 is 1.14 bits per heavy atom. The number of hydrogen-bond donors (Lipinski definition) is 2. The smallest absolute Gasteiger partial charge is 0.226 e. The molecule has 2 N–H and O–H groups in total. The van der Waals surface area contributed by atoms with Crippen LogP contribution < -0.4 is 10.6 Å². The average Bonchev–Trinajstić information content (AvgIpc) is 2.60. The number of hydrogen-bond acceptors (Lipinski definition) is 3. The molecule has 0 heterocycles. The molecule has 4 nitrogen and oxygen atoms in total. The minimum atomic E-state index is -0.483. The summed E-state index contributed by atoms with van der Waals surface area (Å²) in [6.45, 7) is 5.92. The van der Waals surface area contributed by atoms with Gasteiger partial charge in [0.2, 0.25) is 5.91 Å². The van der Waals surface area contributed by atoms with Gasteiger partial charge in [0, 0.05) is 10.7 Å². The quantitative estimate of drug-likeness (QED) is 0.463. The summed E-state index contributed by atoms with van der Waals surface area (Å²) in [5.74, 6) is -0.825. The van der Waals surface area contributed by atoms with E-state index in [1.807, 2.05) is 20.8 Å². The zero-order valence-electron chi connectivity index (χ0n) is 15.8. The highest BCUT2D eigenvalue weighted by molar-refractivity contribution is 6.41. The fourth-order valence-electron chi connectivity index (χ4n) is 2.24. The average molecular weight is 448 g/mol. The second-order valence-electron chi connectivity index (χ2n) is 6.85. The van der Waals surface area contributed by atoms with Crippen molar-refractivity contribution in [1.82, 2.24) is 5.32 Å². The van der Waals surface area contributed by atoms with E-state index >= 15 is 0 Å². The number of nitrogens with one attached hydrogen (secondary N) is 2. The molecular formula is C20H22Cl3FN2O2. The molecule has 2 rings (SSSR count). The molecule has 0 radical (unpaired) electrons. The number of amides is 1. The lowest BCUT2D eigenvalue weighted by Crippen LogP contribution is -2.34. The molecule has 0 aromatic heterocycles. The van der Waals surface area contributed by atoms with Gasteiger partial charge < -0.3 is 15.4 Å². The second-order valence-corrected chi connectivity index (χ2v) is 8.11.